The van der Waals surface area contributed by atoms with Crippen molar-refractivity contribution in [3.05, 3.63) is 77.9 Å². The standard InChI is InChI=1S/C24H17N5S/c1-14-5-8-22(30-14)16-3-2-4-19-17(16)13-21(26-19)24-23-20(28-29-24)7-6-18(27-23)15-9-11-25-12-10-15/h2-13,26H,1H3,(H,28,29). The summed E-state index contributed by atoms with van der Waals surface area (Å²) in [7, 11) is 0. The Labute approximate surface area is 176 Å². The highest BCUT2D eigenvalue weighted by molar-refractivity contribution is 7.15. The van der Waals surface area contributed by atoms with Gasteiger partial charge in [0, 0.05) is 44.2 Å². The van der Waals surface area contributed by atoms with Crippen LogP contribution in [0.25, 0.3) is 55.0 Å². The van der Waals surface area contributed by atoms with Crippen molar-refractivity contribution in [3.8, 4) is 33.1 Å². The molecular formula is C24H17N5S. The molecule has 144 valence electrons. The molecule has 0 aliphatic heterocycles. The Hall–Kier alpha value is -3.77. The predicted octanol–water partition coefficient (Wildman–Crippen LogP) is 6.21. The Balaban J connectivity index is 1.52. The van der Waals surface area contributed by atoms with E-state index in [1.807, 2.05) is 35.6 Å². The molecule has 0 bridgehead atoms. The van der Waals surface area contributed by atoms with E-state index in [2.05, 4.69) is 63.5 Å². The molecule has 6 heteroatoms. The van der Waals surface area contributed by atoms with Crippen LogP contribution in [0.5, 0.6) is 0 Å². The number of aromatic nitrogens is 5. The summed E-state index contributed by atoms with van der Waals surface area (Å²) in [6.45, 7) is 2.14. The highest BCUT2D eigenvalue weighted by Gasteiger charge is 2.15. The van der Waals surface area contributed by atoms with Crippen molar-refractivity contribution in [3.63, 3.8) is 0 Å². The van der Waals surface area contributed by atoms with Gasteiger partial charge in [0.25, 0.3) is 0 Å². The molecule has 0 radical (unpaired) electrons. The van der Waals surface area contributed by atoms with Crippen LogP contribution < -0.4 is 0 Å². The molecule has 30 heavy (non-hydrogen) atoms. The average molecular weight is 408 g/mol. The molecule has 0 spiro atoms. The van der Waals surface area contributed by atoms with E-state index in [-0.39, 0.29) is 0 Å². The first-order valence-electron chi connectivity index (χ1n) is 9.71. The van der Waals surface area contributed by atoms with Crippen LogP contribution in [-0.2, 0) is 0 Å². The molecule has 0 aliphatic carbocycles. The van der Waals surface area contributed by atoms with E-state index in [1.165, 1.54) is 20.7 Å². The summed E-state index contributed by atoms with van der Waals surface area (Å²) in [4.78, 5) is 15.1. The third-order valence-electron chi connectivity index (χ3n) is 5.31. The summed E-state index contributed by atoms with van der Waals surface area (Å²) >= 11 is 1.81. The number of H-pyrrole nitrogens is 2. The van der Waals surface area contributed by atoms with E-state index >= 15 is 0 Å². The Morgan fingerprint density at radius 3 is 2.63 bits per heavy atom. The summed E-state index contributed by atoms with van der Waals surface area (Å²) in [5.41, 5.74) is 7.81. The van der Waals surface area contributed by atoms with Gasteiger partial charge in [-0.3, -0.25) is 10.1 Å². The minimum Gasteiger partial charge on any atom is -0.353 e. The second-order valence-corrected chi connectivity index (χ2v) is 8.55. The van der Waals surface area contributed by atoms with Crippen molar-refractivity contribution in [1.29, 1.82) is 0 Å². The molecule has 2 N–H and O–H groups in total. The maximum absolute atomic E-state index is 4.90. The van der Waals surface area contributed by atoms with Crippen LogP contribution in [-0.4, -0.2) is 25.1 Å². The van der Waals surface area contributed by atoms with Crippen LogP contribution in [0, 0.1) is 6.92 Å². The first kappa shape index (κ1) is 17.1. The summed E-state index contributed by atoms with van der Waals surface area (Å²) < 4.78 is 0. The van der Waals surface area contributed by atoms with Gasteiger partial charge in [-0.2, -0.15) is 5.10 Å². The van der Waals surface area contributed by atoms with Gasteiger partial charge in [0.15, 0.2) is 0 Å². The van der Waals surface area contributed by atoms with Crippen molar-refractivity contribution in [2.75, 3.05) is 0 Å². The number of nitrogens with one attached hydrogen (secondary N) is 2. The molecule has 5 nitrogen and oxygen atoms in total. The molecule has 0 atom stereocenters. The maximum Gasteiger partial charge on any atom is 0.135 e. The van der Waals surface area contributed by atoms with Crippen molar-refractivity contribution < 1.29 is 0 Å². The van der Waals surface area contributed by atoms with Crippen LogP contribution in [0.4, 0.5) is 0 Å². The number of aryl methyl sites for hydroxylation is 1. The third kappa shape index (κ3) is 2.73. The molecule has 6 rings (SSSR count). The van der Waals surface area contributed by atoms with Gasteiger partial charge < -0.3 is 4.98 Å². The fraction of sp³-hybridized carbons (Fsp3) is 0.0417. The Morgan fingerprint density at radius 2 is 1.80 bits per heavy atom. The molecule has 1 aromatic carbocycles. The molecule has 0 amide bonds. The van der Waals surface area contributed by atoms with Crippen LogP contribution >= 0.6 is 11.3 Å². The highest BCUT2D eigenvalue weighted by Crippen LogP contribution is 2.36. The summed E-state index contributed by atoms with van der Waals surface area (Å²) in [6, 6.07) is 20.9. The molecular weight excluding hydrogens is 390 g/mol. The number of hydrogen-bond donors (Lipinski definition) is 2. The lowest BCUT2D eigenvalue weighted by atomic mass is 10.1. The van der Waals surface area contributed by atoms with E-state index in [1.54, 1.807) is 12.4 Å². The SMILES string of the molecule is Cc1ccc(-c2cccc3[nH]c(-c4n[nH]c5ccc(-c6ccncc6)nc45)cc23)s1. The van der Waals surface area contributed by atoms with Gasteiger partial charge in [-0.25, -0.2) is 4.98 Å². The average Bonchev–Trinajstić information content (AvgIpc) is 3.51. The lowest BCUT2D eigenvalue weighted by Gasteiger charge is -2.00. The molecule has 6 aromatic rings. The van der Waals surface area contributed by atoms with Gasteiger partial charge in [-0.05, 0) is 55.5 Å². The normalized spacial score (nSPS) is 11.5. The van der Waals surface area contributed by atoms with E-state index in [0.717, 1.165) is 39.2 Å². The number of benzene rings is 1. The van der Waals surface area contributed by atoms with Crippen LogP contribution in [0.2, 0.25) is 0 Å². The van der Waals surface area contributed by atoms with Crippen LogP contribution in [0.3, 0.4) is 0 Å². The maximum atomic E-state index is 4.90. The molecule has 5 heterocycles. The quantitative estimate of drug-likeness (QED) is 0.367. The van der Waals surface area contributed by atoms with Crippen molar-refractivity contribution in [2.45, 2.75) is 6.92 Å². The summed E-state index contributed by atoms with van der Waals surface area (Å²) in [5.74, 6) is 0. The van der Waals surface area contributed by atoms with Gasteiger partial charge >= 0.3 is 0 Å². The van der Waals surface area contributed by atoms with Crippen LogP contribution in [0.1, 0.15) is 4.88 Å². The zero-order valence-corrected chi connectivity index (χ0v) is 17.0. The number of rotatable bonds is 3. The van der Waals surface area contributed by atoms with Crippen molar-refractivity contribution in [2.24, 2.45) is 0 Å². The zero-order chi connectivity index (χ0) is 20.1. The summed E-state index contributed by atoms with van der Waals surface area (Å²) in [6.07, 6.45) is 3.56. The van der Waals surface area contributed by atoms with Gasteiger partial charge in [0.2, 0.25) is 0 Å². The highest BCUT2D eigenvalue weighted by atomic mass is 32.1. The van der Waals surface area contributed by atoms with E-state index in [9.17, 15) is 0 Å². The van der Waals surface area contributed by atoms with E-state index in [4.69, 9.17) is 4.98 Å². The zero-order valence-electron chi connectivity index (χ0n) is 16.2. The molecule has 0 saturated carbocycles. The second kappa shape index (κ2) is 6.64. The lowest BCUT2D eigenvalue weighted by molar-refractivity contribution is 1.12. The van der Waals surface area contributed by atoms with Crippen LogP contribution in [0.15, 0.2) is 73.1 Å². The number of pyridine rings is 2. The molecule has 0 fully saturated rings. The molecule has 0 saturated heterocycles. The van der Waals surface area contributed by atoms with E-state index in [0.29, 0.717) is 0 Å². The predicted molar refractivity (Wildman–Crippen MR) is 122 cm³/mol. The Kier molecular flexibility index (Phi) is 3.79. The molecule has 5 aromatic heterocycles. The van der Waals surface area contributed by atoms with Gasteiger partial charge in [0.05, 0.1) is 16.9 Å². The minimum atomic E-state index is 0.824. The number of fused-ring (bicyclic) bond motifs is 2. The monoisotopic (exact) mass is 407 g/mol. The number of aromatic amines is 2. The fourth-order valence-corrected chi connectivity index (χ4v) is 4.75. The number of thiophene rings is 1. The first-order chi connectivity index (χ1) is 14.8. The molecule has 0 unspecified atom stereocenters. The number of hydrogen-bond acceptors (Lipinski definition) is 4. The van der Waals surface area contributed by atoms with E-state index < -0.39 is 0 Å². The smallest absolute Gasteiger partial charge is 0.135 e. The van der Waals surface area contributed by atoms with Crippen molar-refractivity contribution in [1.82, 2.24) is 25.1 Å². The topological polar surface area (TPSA) is 70.2 Å². The lowest BCUT2D eigenvalue weighted by Crippen LogP contribution is -1.86. The Bertz CT molecular complexity index is 1510. The molecule has 0 aliphatic rings. The second-order valence-electron chi connectivity index (χ2n) is 7.26. The first-order valence-corrected chi connectivity index (χ1v) is 10.5. The van der Waals surface area contributed by atoms with Gasteiger partial charge in [-0.15, -0.1) is 11.3 Å². The number of nitrogens with zero attached hydrogens (tertiary/aromatic N) is 3. The van der Waals surface area contributed by atoms with Crippen molar-refractivity contribution >= 4 is 33.3 Å². The third-order valence-corrected chi connectivity index (χ3v) is 6.34. The largest absolute Gasteiger partial charge is 0.353 e. The fourth-order valence-electron chi connectivity index (χ4n) is 3.85. The Morgan fingerprint density at radius 1 is 0.900 bits per heavy atom. The summed E-state index contributed by atoms with van der Waals surface area (Å²) in [5, 5.41) is 8.88. The van der Waals surface area contributed by atoms with Gasteiger partial charge in [0.1, 0.15) is 11.2 Å². The van der Waals surface area contributed by atoms with Gasteiger partial charge in [-0.1, -0.05) is 12.1 Å². The minimum absolute atomic E-state index is 0.824.